The fraction of sp³-hybridized carbons (Fsp3) is 0.667. The molecular formula is C18H28N2. The Morgan fingerprint density at radius 1 is 1.05 bits per heavy atom. The van der Waals surface area contributed by atoms with Gasteiger partial charge in [-0.3, -0.25) is 4.90 Å². The van der Waals surface area contributed by atoms with Gasteiger partial charge in [-0.25, -0.2) is 0 Å². The van der Waals surface area contributed by atoms with Crippen molar-refractivity contribution in [3.8, 4) is 0 Å². The molecule has 20 heavy (non-hydrogen) atoms. The lowest BCUT2D eigenvalue weighted by Crippen LogP contribution is -2.35. The summed E-state index contributed by atoms with van der Waals surface area (Å²) in [7, 11) is 0. The molecule has 0 spiro atoms. The SMILES string of the molecule is c1ccc(CN2CCCC(CCC3CCNC3)C2)cc1. The summed E-state index contributed by atoms with van der Waals surface area (Å²) in [4.78, 5) is 2.66. The average Bonchev–Trinajstić information content (AvgIpc) is 3.00. The molecule has 0 radical (unpaired) electrons. The van der Waals surface area contributed by atoms with Crippen LogP contribution in [-0.2, 0) is 6.54 Å². The third kappa shape index (κ3) is 4.07. The van der Waals surface area contributed by atoms with Crippen LogP contribution in [0.15, 0.2) is 30.3 Å². The summed E-state index contributed by atoms with van der Waals surface area (Å²) in [5.41, 5.74) is 1.47. The van der Waals surface area contributed by atoms with E-state index in [0.717, 1.165) is 18.4 Å². The molecule has 0 aliphatic carbocycles. The van der Waals surface area contributed by atoms with Gasteiger partial charge in [0.05, 0.1) is 0 Å². The number of hydrogen-bond donors (Lipinski definition) is 1. The Bertz CT molecular complexity index is 384. The van der Waals surface area contributed by atoms with Crippen LogP contribution in [0.2, 0.25) is 0 Å². The van der Waals surface area contributed by atoms with Gasteiger partial charge in [-0.1, -0.05) is 30.3 Å². The summed E-state index contributed by atoms with van der Waals surface area (Å²) in [5.74, 6) is 1.90. The van der Waals surface area contributed by atoms with Gasteiger partial charge >= 0.3 is 0 Å². The Morgan fingerprint density at radius 2 is 1.90 bits per heavy atom. The Hall–Kier alpha value is -0.860. The first-order valence-electron chi connectivity index (χ1n) is 8.37. The molecule has 0 saturated carbocycles. The number of rotatable bonds is 5. The van der Waals surface area contributed by atoms with E-state index in [2.05, 4.69) is 40.5 Å². The summed E-state index contributed by atoms with van der Waals surface area (Å²) in [6, 6.07) is 10.9. The summed E-state index contributed by atoms with van der Waals surface area (Å²) >= 11 is 0. The van der Waals surface area contributed by atoms with Crippen LogP contribution in [0.3, 0.4) is 0 Å². The molecule has 3 rings (SSSR count). The van der Waals surface area contributed by atoms with E-state index >= 15 is 0 Å². The fourth-order valence-electron chi connectivity index (χ4n) is 3.80. The highest BCUT2D eigenvalue weighted by Crippen LogP contribution is 2.25. The second kappa shape index (κ2) is 7.24. The highest BCUT2D eigenvalue weighted by atomic mass is 15.1. The van der Waals surface area contributed by atoms with Crippen LogP contribution in [-0.4, -0.2) is 31.1 Å². The quantitative estimate of drug-likeness (QED) is 0.885. The molecule has 2 unspecified atom stereocenters. The molecule has 1 aromatic rings. The highest BCUT2D eigenvalue weighted by Gasteiger charge is 2.22. The van der Waals surface area contributed by atoms with Gasteiger partial charge < -0.3 is 5.32 Å². The summed E-state index contributed by atoms with van der Waals surface area (Å²) < 4.78 is 0. The van der Waals surface area contributed by atoms with Crippen LogP contribution >= 0.6 is 0 Å². The molecule has 0 bridgehead atoms. The van der Waals surface area contributed by atoms with Gasteiger partial charge in [0.25, 0.3) is 0 Å². The molecule has 0 amide bonds. The zero-order valence-electron chi connectivity index (χ0n) is 12.6. The van der Waals surface area contributed by atoms with Crippen molar-refractivity contribution in [2.75, 3.05) is 26.2 Å². The molecular weight excluding hydrogens is 244 g/mol. The molecule has 2 saturated heterocycles. The number of benzene rings is 1. The van der Waals surface area contributed by atoms with Gasteiger partial charge in [-0.05, 0) is 69.1 Å². The third-order valence-electron chi connectivity index (χ3n) is 5.00. The van der Waals surface area contributed by atoms with Gasteiger partial charge in [0.2, 0.25) is 0 Å². The third-order valence-corrected chi connectivity index (χ3v) is 5.00. The van der Waals surface area contributed by atoms with Crippen molar-refractivity contribution in [2.45, 2.75) is 38.6 Å². The van der Waals surface area contributed by atoms with Crippen LogP contribution in [0, 0.1) is 11.8 Å². The molecule has 2 aliphatic rings. The van der Waals surface area contributed by atoms with Gasteiger partial charge in [0.1, 0.15) is 0 Å². The Balaban J connectivity index is 1.44. The molecule has 1 N–H and O–H groups in total. The van der Waals surface area contributed by atoms with Crippen molar-refractivity contribution < 1.29 is 0 Å². The highest BCUT2D eigenvalue weighted by molar-refractivity contribution is 5.14. The topological polar surface area (TPSA) is 15.3 Å². The zero-order chi connectivity index (χ0) is 13.6. The summed E-state index contributed by atoms with van der Waals surface area (Å²) in [6.45, 7) is 6.25. The predicted octanol–water partition coefficient (Wildman–Crippen LogP) is 3.29. The van der Waals surface area contributed by atoms with Crippen molar-refractivity contribution in [2.24, 2.45) is 11.8 Å². The molecule has 110 valence electrons. The number of nitrogens with zero attached hydrogens (tertiary/aromatic N) is 1. The predicted molar refractivity (Wildman–Crippen MR) is 84.7 cm³/mol. The van der Waals surface area contributed by atoms with Gasteiger partial charge in [0.15, 0.2) is 0 Å². The molecule has 2 heterocycles. The normalized spacial score (nSPS) is 27.8. The van der Waals surface area contributed by atoms with Gasteiger partial charge in [0, 0.05) is 13.1 Å². The van der Waals surface area contributed by atoms with E-state index in [9.17, 15) is 0 Å². The summed E-state index contributed by atoms with van der Waals surface area (Å²) in [6.07, 6.45) is 7.13. The van der Waals surface area contributed by atoms with Crippen molar-refractivity contribution in [3.05, 3.63) is 35.9 Å². The van der Waals surface area contributed by atoms with E-state index in [1.165, 1.54) is 63.8 Å². The van der Waals surface area contributed by atoms with Crippen LogP contribution in [0.4, 0.5) is 0 Å². The van der Waals surface area contributed by atoms with Crippen LogP contribution in [0.25, 0.3) is 0 Å². The maximum absolute atomic E-state index is 3.49. The first kappa shape index (κ1) is 14.1. The lowest BCUT2D eigenvalue weighted by atomic mass is 9.89. The monoisotopic (exact) mass is 272 g/mol. The Kier molecular flexibility index (Phi) is 5.10. The standard InChI is InChI=1S/C18H28N2/c1-2-5-17(6-3-1)14-20-12-4-7-18(15-20)9-8-16-10-11-19-13-16/h1-3,5-6,16,18-19H,4,7-15H2. The van der Waals surface area contributed by atoms with Gasteiger partial charge in [-0.2, -0.15) is 0 Å². The molecule has 2 nitrogen and oxygen atoms in total. The molecule has 2 aliphatic heterocycles. The van der Waals surface area contributed by atoms with E-state index in [0.29, 0.717) is 0 Å². The van der Waals surface area contributed by atoms with Crippen molar-refractivity contribution in [1.29, 1.82) is 0 Å². The maximum atomic E-state index is 3.49. The number of likely N-dealkylation sites (tertiary alicyclic amines) is 1. The van der Waals surface area contributed by atoms with Crippen LogP contribution < -0.4 is 5.32 Å². The lowest BCUT2D eigenvalue weighted by Gasteiger charge is -2.33. The van der Waals surface area contributed by atoms with Crippen molar-refractivity contribution in [1.82, 2.24) is 10.2 Å². The second-order valence-corrected chi connectivity index (χ2v) is 6.67. The van der Waals surface area contributed by atoms with Crippen molar-refractivity contribution in [3.63, 3.8) is 0 Å². The Labute approximate surface area is 123 Å². The summed E-state index contributed by atoms with van der Waals surface area (Å²) in [5, 5.41) is 3.49. The maximum Gasteiger partial charge on any atom is 0.0233 e. The minimum atomic E-state index is 0.938. The lowest BCUT2D eigenvalue weighted by molar-refractivity contribution is 0.157. The van der Waals surface area contributed by atoms with E-state index < -0.39 is 0 Å². The molecule has 2 fully saturated rings. The van der Waals surface area contributed by atoms with Crippen LogP contribution in [0.1, 0.15) is 37.7 Å². The molecule has 0 aromatic heterocycles. The first-order chi connectivity index (χ1) is 9.90. The molecule has 2 heteroatoms. The van der Waals surface area contributed by atoms with Crippen molar-refractivity contribution >= 4 is 0 Å². The zero-order valence-corrected chi connectivity index (χ0v) is 12.6. The fourth-order valence-corrected chi connectivity index (χ4v) is 3.80. The number of piperidine rings is 1. The largest absolute Gasteiger partial charge is 0.316 e. The number of hydrogen-bond acceptors (Lipinski definition) is 2. The average molecular weight is 272 g/mol. The first-order valence-corrected chi connectivity index (χ1v) is 8.37. The van der Waals surface area contributed by atoms with E-state index in [1.54, 1.807) is 0 Å². The Morgan fingerprint density at radius 3 is 2.70 bits per heavy atom. The second-order valence-electron chi connectivity index (χ2n) is 6.67. The van der Waals surface area contributed by atoms with Crippen LogP contribution in [0.5, 0.6) is 0 Å². The number of nitrogens with one attached hydrogen (secondary N) is 1. The smallest absolute Gasteiger partial charge is 0.0233 e. The van der Waals surface area contributed by atoms with E-state index in [4.69, 9.17) is 0 Å². The van der Waals surface area contributed by atoms with E-state index in [1.807, 2.05) is 0 Å². The minimum absolute atomic E-state index is 0.938. The minimum Gasteiger partial charge on any atom is -0.316 e. The molecule has 1 aromatic carbocycles. The van der Waals surface area contributed by atoms with E-state index in [-0.39, 0.29) is 0 Å². The molecule has 2 atom stereocenters. The van der Waals surface area contributed by atoms with Gasteiger partial charge in [-0.15, -0.1) is 0 Å².